The lowest BCUT2D eigenvalue weighted by molar-refractivity contribution is 0.589. The Morgan fingerprint density at radius 2 is 1.79 bits per heavy atom. The Hall–Kier alpha value is -2.10. The van der Waals surface area contributed by atoms with E-state index in [4.69, 9.17) is 5.73 Å². The van der Waals surface area contributed by atoms with E-state index in [1.54, 1.807) is 0 Å². The van der Waals surface area contributed by atoms with Gasteiger partial charge < -0.3 is 11.1 Å². The Kier molecular flexibility index (Phi) is 4.00. The number of nitrogen functional groups attached to an aromatic ring is 1. The number of nitrogens with one attached hydrogen (secondary N) is 1. The highest BCUT2D eigenvalue weighted by Gasteiger charge is 2.09. The fraction of sp³-hybridized carbons (Fsp3) is 0.200. The van der Waals surface area contributed by atoms with Crippen molar-refractivity contribution in [1.82, 2.24) is 0 Å². The van der Waals surface area contributed by atoms with Crippen molar-refractivity contribution >= 4 is 11.4 Å². The van der Waals surface area contributed by atoms with Gasteiger partial charge in [0.1, 0.15) is 5.69 Å². The molecule has 0 atom stereocenters. The summed E-state index contributed by atoms with van der Waals surface area (Å²) in [5.74, 6) is -1.33. The van der Waals surface area contributed by atoms with E-state index >= 15 is 0 Å². The second-order valence-electron chi connectivity index (χ2n) is 4.53. The van der Waals surface area contributed by atoms with E-state index < -0.39 is 11.6 Å². The van der Waals surface area contributed by atoms with Crippen LogP contribution in [0.1, 0.15) is 11.1 Å². The van der Waals surface area contributed by atoms with Crippen molar-refractivity contribution in [3.63, 3.8) is 0 Å². The third-order valence-electron chi connectivity index (χ3n) is 2.86. The standard InChI is InChI=1S/C15H16F2N2/c1-10-3-2-4-11(7-10)5-6-19-15-13(16)8-12(18)9-14(15)17/h2-4,7-9,19H,5-6,18H2,1H3. The van der Waals surface area contributed by atoms with Crippen molar-refractivity contribution in [2.75, 3.05) is 17.6 Å². The molecule has 0 aromatic heterocycles. The smallest absolute Gasteiger partial charge is 0.151 e. The fourth-order valence-electron chi connectivity index (χ4n) is 1.96. The first-order valence-electron chi connectivity index (χ1n) is 6.10. The quantitative estimate of drug-likeness (QED) is 0.827. The number of benzene rings is 2. The molecule has 0 saturated carbocycles. The normalized spacial score (nSPS) is 10.5. The first kappa shape index (κ1) is 13.3. The maximum Gasteiger partial charge on any atom is 0.151 e. The Bertz CT molecular complexity index is 559. The highest BCUT2D eigenvalue weighted by molar-refractivity contribution is 5.54. The van der Waals surface area contributed by atoms with E-state index in [1.807, 2.05) is 25.1 Å². The zero-order chi connectivity index (χ0) is 13.8. The lowest BCUT2D eigenvalue weighted by Crippen LogP contribution is -2.08. The van der Waals surface area contributed by atoms with Crippen molar-refractivity contribution in [1.29, 1.82) is 0 Å². The van der Waals surface area contributed by atoms with Gasteiger partial charge in [0.2, 0.25) is 0 Å². The molecule has 2 nitrogen and oxygen atoms in total. The van der Waals surface area contributed by atoms with Gasteiger partial charge in [-0.25, -0.2) is 8.78 Å². The highest BCUT2D eigenvalue weighted by Crippen LogP contribution is 2.21. The summed E-state index contributed by atoms with van der Waals surface area (Å²) in [5, 5.41) is 2.77. The molecule has 0 unspecified atom stereocenters. The van der Waals surface area contributed by atoms with Gasteiger partial charge in [-0.15, -0.1) is 0 Å². The van der Waals surface area contributed by atoms with Crippen LogP contribution in [0.2, 0.25) is 0 Å². The second kappa shape index (κ2) is 5.69. The maximum atomic E-state index is 13.5. The number of hydrogen-bond acceptors (Lipinski definition) is 2. The van der Waals surface area contributed by atoms with Gasteiger partial charge in [0, 0.05) is 12.2 Å². The first-order chi connectivity index (χ1) is 9.06. The van der Waals surface area contributed by atoms with Gasteiger partial charge in [-0.1, -0.05) is 29.8 Å². The SMILES string of the molecule is Cc1cccc(CCNc2c(F)cc(N)cc2F)c1. The van der Waals surface area contributed by atoms with E-state index in [0.29, 0.717) is 13.0 Å². The Balaban J connectivity index is 2.00. The maximum absolute atomic E-state index is 13.5. The first-order valence-corrected chi connectivity index (χ1v) is 6.10. The van der Waals surface area contributed by atoms with Gasteiger partial charge in [0.25, 0.3) is 0 Å². The average molecular weight is 262 g/mol. The minimum absolute atomic E-state index is 0.0826. The molecule has 0 heterocycles. The Morgan fingerprint density at radius 3 is 2.42 bits per heavy atom. The molecule has 0 amide bonds. The van der Waals surface area contributed by atoms with Gasteiger partial charge in [-0.05, 0) is 31.0 Å². The number of rotatable bonds is 4. The minimum Gasteiger partial charge on any atom is -0.399 e. The van der Waals surface area contributed by atoms with Crippen LogP contribution in [-0.4, -0.2) is 6.54 Å². The van der Waals surface area contributed by atoms with Crippen LogP contribution in [0.4, 0.5) is 20.2 Å². The van der Waals surface area contributed by atoms with Gasteiger partial charge in [-0.2, -0.15) is 0 Å². The summed E-state index contributed by atoms with van der Waals surface area (Å²) >= 11 is 0. The zero-order valence-corrected chi connectivity index (χ0v) is 10.7. The number of halogens is 2. The third-order valence-corrected chi connectivity index (χ3v) is 2.86. The topological polar surface area (TPSA) is 38.0 Å². The summed E-state index contributed by atoms with van der Waals surface area (Å²) in [7, 11) is 0. The van der Waals surface area contributed by atoms with Gasteiger partial charge in [-0.3, -0.25) is 0 Å². The second-order valence-corrected chi connectivity index (χ2v) is 4.53. The molecular formula is C15H16F2N2. The van der Waals surface area contributed by atoms with Crippen molar-refractivity contribution in [2.45, 2.75) is 13.3 Å². The number of anilines is 2. The van der Waals surface area contributed by atoms with Crippen LogP contribution in [0.15, 0.2) is 36.4 Å². The van der Waals surface area contributed by atoms with E-state index in [9.17, 15) is 8.78 Å². The predicted octanol–water partition coefficient (Wildman–Crippen LogP) is 3.51. The molecular weight excluding hydrogens is 246 g/mol. The Labute approximate surface area is 111 Å². The van der Waals surface area contributed by atoms with Crippen molar-refractivity contribution in [3.05, 3.63) is 59.2 Å². The fourth-order valence-corrected chi connectivity index (χ4v) is 1.96. The molecule has 0 saturated heterocycles. The molecule has 0 aliphatic carbocycles. The van der Waals surface area contributed by atoms with Crippen LogP contribution in [0.25, 0.3) is 0 Å². The van der Waals surface area contributed by atoms with Crippen LogP contribution >= 0.6 is 0 Å². The number of nitrogens with two attached hydrogens (primary N) is 1. The summed E-state index contributed by atoms with van der Waals surface area (Å²) in [5.41, 5.74) is 7.61. The van der Waals surface area contributed by atoms with Gasteiger partial charge in [0.15, 0.2) is 11.6 Å². The largest absolute Gasteiger partial charge is 0.399 e. The van der Waals surface area contributed by atoms with Crippen LogP contribution in [0.3, 0.4) is 0 Å². The van der Waals surface area contributed by atoms with E-state index in [-0.39, 0.29) is 11.4 Å². The Morgan fingerprint density at radius 1 is 1.11 bits per heavy atom. The molecule has 0 bridgehead atoms. The molecule has 0 radical (unpaired) electrons. The van der Waals surface area contributed by atoms with Crippen LogP contribution in [0.5, 0.6) is 0 Å². The zero-order valence-electron chi connectivity index (χ0n) is 10.7. The lowest BCUT2D eigenvalue weighted by atomic mass is 10.1. The van der Waals surface area contributed by atoms with Crippen LogP contribution in [-0.2, 0) is 6.42 Å². The van der Waals surface area contributed by atoms with E-state index in [1.165, 1.54) is 5.56 Å². The molecule has 19 heavy (non-hydrogen) atoms. The number of hydrogen-bond donors (Lipinski definition) is 2. The van der Waals surface area contributed by atoms with Crippen molar-refractivity contribution in [3.8, 4) is 0 Å². The molecule has 4 heteroatoms. The van der Waals surface area contributed by atoms with Crippen LogP contribution in [0, 0.1) is 18.6 Å². The molecule has 3 N–H and O–H groups in total. The summed E-state index contributed by atoms with van der Waals surface area (Å²) in [6.07, 6.45) is 0.699. The highest BCUT2D eigenvalue weighted by atomic mass is 19.1. The van der Waals surface area contributed by atoms with Crippen molar-refractivity contribution < 1.29 is 8.78 Å². The summed E-state index contributed by atoms with van der Waals surface area (Å²) < 4.78 is 27.0. The van der Waals surface area contributed by atoms with Gasteiger partial charge >= 0.3 is 0 Å². The minimum atomic E-state index is -0.665. The predicted molar refractivity (Wildman–Crippen MR) is 74.1 cm³/mol. The van der Waals surface area contributed by atoms with Crippen molar-refractivity contribution in [2.24, 2.45) is 0 Å². The molecule has 2 aromatic carbocycles. The summed E-state index contributed by atoms with van der Waals surface area (Å²) in [6.45, 7) is 2.47. The molecule has 2 aromatic rings. The van der Waals surface area contributed by atoms with E-state index in [0.717, 1.165) is 17.7 Å². The third kappa shape index (κ3) is 3.44. The number of aryl methyl sites for hydroxylation is 1. The lowest BCUT2D eigenvalue weighted by Gasteiger charge is -2.10. The van der Waals surface area contributed by atoms with Gasteiger partial charge in [0.05, 0.1) is 0 Å². The summed E-state index contributed by atoms with van der Waals surface area (Å²) in [4.78, 5) is 0. The van der Waals surface area contributed by atoms with E-state index in [2.05, 4.69) is 11.4 Å². The molecule has 2 rings (SSSR count). The molecule has 0 fully saturated rings. The van der Waals surface area contributed by atoms with Crippen LogP contribution < -0.4 is 11.1 Å². The molecule has 0 spiro atoms. The monoisotopic (exact) mass is 262 g/mol. The average Bonchev–Trinajstić information content (AvgIpc) is 2.32. The molecule has 0 aliphatic heterocycles. The summed E-state index contributed by atoms with van der Waals surface area (Å²) in [6, 6.07) is 10.2. The molecule has 100 valence electrons. The molecule has 0 aliphatic rings.